The van der Waals surface area contributed by atoms with Crippen LogP contribution in [0.4, 0.5) is 4.79 Å². The zero-order valence-corrected chi connectivity index (χ0v) is 15.2. The molecule has 0 aromatic carbocycles. The van der Waals surface area contributed by atoms with Crippen LogP contribution in [-0.4, -0.2) is 72.7 Å². The summed E-state index contributed by atoms with van der Waals surface area (Å²) in [5, 5.41) is 5.95. The molecular weight excluding hydrogens is 328 g/mol. The van der Waals surface area contributed by atoms with Crippen LogP contribution in [0.15, 0.2) is 11.8 Å². The molecule has 0 aliphatic carbocycles. The molecule has 0 saturated carbocycles. The fraction of sp³-hybridized carbons (Fsp3) is 0.688. The third kappa shape index (κ3) is 5.45. The summed E-state index contributed by atoms with van der Waals surface area (Å²) in [6.45, 7) is 5.05. The molecular formula is C16H26N4O3S. The Morgan fingerprint density at radius 3 is 2.88 bits per heavy atom. The average Bonchev–Trinajstić information content (AvgIpc) is 2.57. The van der Waals surface area contributed by atoms with Crippen molar-refractivity contribution in [2.24, 2.45) is 0 Å². The molecule has 2 aliphatic heterocycles. The molecule has 0 radical (unpaired) electrons. The van der Waals surface area contributed by atoms with Gasteiger partial charge in [0.1, 0.15) is 0 Å². The first-order valence-corrected chi connectivity index (χ1v) is 8.81. The number of likely N-dealkylation sites (tertiary alicyclic amines) is 1. The average molecular weight is 354 g/mol. The van der Waals surface area contributed by atoms with Crippen LogP contribution in [0.5, 0.6) is 0 Å². The lowest BCUT2D eigenvalue weighted by Crippen LogP contribution is -2.52. The lowest BCUT2D eigenvalue weighted by molar-refractivity contribution is -0.115. The van der Waals surface area contributed by atoms with E-state index in [1.165, 1.54) is 0 Å². The maximum absolute atomic E-state index is 12.3. The Balaban J connectivity index is 1.80. The van der Waals surface area contributed by atoms with Crippen molar-refractivity contribution in [1.29, 1.82) is 0 Å². The van der Waals surface area contributed by atoms with E-state index in [9.17, 15) is 9.59 Å². The van der Waals surface area contributed by atoms with Gasteiger partial charge in [-0.1, -0.05) is 18.3 Å². The number of carbonyl (C=O) groups is 2. The second-order valence-electron chi connectivity index (χ2n) is 6.15. The van der Waals surface area contributed by atoms with Gasteiger partial charge in [0.25, 0.3) is 5.91 Å². The fourth-order valence-corrected chi connectivity index (χ4v) is 3.00. The highest BCUT2D eigenvalue weighted by Gasteiger charge is 2.26. The predicted molar refractivity (Wildman–Crippen MR) is 95.7 cm³/mol. The van der Waals surface area contributed by atoms with Gasteiger partial charge >= 0.3 is 6.09 Å². The molecule has 24 heavy (non-hydrogen) atoms. The van der Waals surface area contributed by atoms with Gasteiger partial charge in [-0.05, 0) is 33.2 Å². The molecule has 2 heterocycles. The molecule has 1 atom stereocenters. The minimum atomic E-state index is -0.325. The number of nitrogens with zero attached hydrogens (tertiary/aromatic N) is 2. The molecule has 134 valence electrons. The van der Waals surface area contributed by atoms with E-state index in [1.54, 1.807) is 11.8 Å². The number of amides is 2. The Morgan fingerprint density at radius 2 is 2.21 bits per heavy atom. The summed E-state index contributed by atoms with van der Waals surface area (Å²) in [6.07, 6.45) is 4.24. The second-order valence-corrected chi connectivity index (χ2v) is 6.56. The number of piperidine rings is 1. The van der Waals surface area contributed by atoms with Crippen molar-refractivity contribution in [1.82, 2.24) is 20.4 Å². The molecule has 1 saturated heterocycles. The lowest BCUT2D eigenvalue weighted by atomic mass is 10.1. The van der Waals surface area contributed by atoms with Gasteiger partial charge in [0.15, 0.2) is 4.99 Å². The standard InChI is InChI=1S/C16H26N4O3S/c1-3-23-16(22)20-8-4-5-13(11-20)17-14(21)15(24)18-12-6-9-19(2)10-7-12/h6,13H,3-5,7-11H2,1-2H3,(H,17,21)(H,18,24)/t13-/m0/s1. The van der Waals surface area contributed by atoms with Gasteiger partial charge in [-0.25, -0.2) is 4.79 Å². The molecule has 0 unspecified atom stereocenters. The molecule has 0 aromatic heterocycles. The first kappa shape index (κ1) is 18.7. The first-order chi connectivity index (χ1) is 11.5. The molecule has 1 fully saturated rings. The Hall–Kier alpha value is -1.67. The predicted octanol–water partition coefficient (Wildman–Crippen LogP) is 0.860. The molecule has 2 aliphatic rings. The zero-order chi connectivity index (χ0) is 17.5. The minimum Gasteiger partial charge on any atom is -0.450 e. The normalized spacial score (nSPS) is 21.7. The van der Waals surface area contributed by atoms with Crippen molar-refractivity contribution in [3.05, 3.63) is 11.8 Å². The van der Waals surface area contributed by atoms with Crippen molar-refractivity contribution in [3.8, 4) is 0 Å². The number of likely N-dealkylation sites (N-methyl/N-ethyl adjacent to an activating group) is 1. The molecule has 0 bridgehead atoms. The Morgan fingerprint density at radius 1 is 1.42 bits per heavy atom. The van der Waals surface area contributed by atoms with Gasteiger partial charge in [-0.3, -0.25) is 4.79 Å². The van der Waals surface area contributed by atoms with Crippen molar-refractivity contribution in [2.75, 3.05) is 39.8 Å². The Labute approximate surface area is 148 Å². The van der Waals surface area contributed by atoms with Gasteiger partial charge in [-0.15, -0.1) is 0 Å². The van der Waals surface area contributed by atoms with E-state index in [0.717, 1.165) is 38.0 Å². The van der Waals surface area contributed by atoms with Crippen LogP contribution in [0.2, 0.25) is 0 Å². The quantitative estimate of drug-likeness (QED) is 0.733. The summed E-state index contributed by atoms with van der Waals surface area (Å²) in [5.41, 5.74) is 0.991. The SMILES string of the molecule is CCOC(=O)N1CCC[C@H](NC(=O)C(=S)NC2=CCN(C)CC2)C1. The highest BCUT2D eigenvalue weighted by Crippen LogP contribution is 2.11. The molecule has 0 spiro atoms. The van der Waals surface area contributed by atoms with Crippen molar-refractivity contribution in [3.63, 3.8) is 0 Å². The smallest absolute Gasteiger partial charge is 0.409 e. The van der Waals surface area contributed by atoms with Gasteiger partial charge in [-0.2, -0.15) is 0 Å². The number of ether oxygens (including phenoxy) is 1. The lowest BCUT2D eigenvalue weighted by Gasteiger charge is -2.32. The number of thiocarbonyl (C=S) groups is 1. The molecule has 8 heteroatoms. The highest BCUT2D eigenvalue weighted by atomic mass is 32.1. The van der Waals surface area contributed by atoms with E-state index >= 15 is 0 Å². The monoisotopic (exact) mass is 354 g/mol. The summed E-state index contributed by atoms with van der Waals surface area (Å²) in [4.78, 5) is 28.1. The first-order valence-electron chi connectivity index (χ1n) is 8.40. The van der Waals surface area contributed by atoms with Gasteiger partial charge in [0, 0.05) is 37.9 Å². The molecule has 2 rings (SSSR count). The van der Waals surface area contributed by atoms with E-state index in [2.05, 4.69) is 22.6 Å². The van der Waals surface area contributed by atoms with Crippen LogP contribution in [0.25, 0.3) is 0 Å². The third-order valence-corrected chi connectivity index (χ3v) is 4.46. The van der Waals surface area contributed by atoms with E-state index in [0.29, 0.717) is 19.7 Å². The summed E-state index contributed by atoms with van der Waals surface area (Å²) in [5.74, 6) is -0.291. The maximum Gasteiger partial charge on any atom is 0.409 e. The maximum atomic E-state index is 12.3. The van der Waals surface area contributed by atoms with Crippen molar-refractivity contribution >= 4 is 29.2 Å². The van der Waals surface area contributed by atoms with Crippen LogP contribution in [0.3, 0.4) is 0 Å². The van der Waals surface area contributed by atoms with Crippen LogP contribution in [0, 0.1) is 0 Å². The Bertz CT molecular complexity index is 523. The van der Waals surface area contributed by atoms with E-state index < -0.39 is 0 Å². The summed E-state index contributed by atoms with van der Waals surface area (Å²) >= 11 is 5.20. The van der Waals surface area contributed by atoms with E-state index in [-0.39, 0.29) is 23.0 Å². The van der Waals surface area contributed by atoms with Crippen LogP contribution >= 0.6 is 12.2 Å². The summed E-state index contributed by atoms with van der Waals surface area (Å²) in [6, 6.07) is -0.0955. The zero-order valence-electron chi connectivity index (χ0n) is 14.3. The van der Waals surface area contributed by atoms with Gasteiger partial charge in [0.2, 0.25) is 0 Å². The number of nitrogens with one attached hydrogen (secondary N) is 2. The summed E-state index contributed by atoms with van der Waals surface area (Å²) < 4.78 is 5.02. The van der Waals surface area contributed by atoms with Gasteiger partial charge < -0.3 is 25.2 Å². The minimum absolute atomic E-state index is 0.0955. The van der Waals surface area contributed by atoms with Gasteiger partial charge in [0.05, 0.1) is 6.61 Å². The molecule has 7 nitrogen and oxygen atoms in total. The highest BCUT2D eigenvalue weighted by molar-refractivity contribution is 7.82. The number of hydrogen-bond donors (Lipinski definition) is 2. The van der Waals surface area contributed by atoms with Crippen molar-refractivity contribution in [2.45, 2.75) is 32.2 Å². The fourth-order valence-electron chi connectivity index (χ4n) is 2.81. The van der Waals surface area contributed by atoms with Crippen molar-refractivity contribution < 1.29 is 14.3 Å². The molecule has 2 amide bonds. The van der Waals surface area contributed by atoms with E-state index in [4.69, 9.17) is 17.0 Å². The number of carbonyl (C=O) groups excluding carboxylic acids is 2. The number of rotatable bonds is 3. The summed E-state index contributed by atoms with van der Waals surface area (Å²) in [7, 11) is 2.05. The van der Waals surface area contributed by atoms with Crippen LogP contribution in [0.1, 0.15) is 26.2 Å². The van der Waals surface area contributed by atoms with Crippen LogP contribution in [-0.2, 0) is 9.53 Å². The largest absolute Gasteiger partial charge is 0.450 e. The number of hydrogen-bond acceptors (Lipinski definition) is 5. The molecule has 2 N–H and O–H groups in total. The topological polar surface area (TPSA) is 73.9 Å². The third-order valence-electron chi connectivity index (χ3n) is 4.18. The Kier molecular flexibility index (Phi) is 6.99. The second kappa shape index (κ2) is 8.98. The van der Waals surface area contributed by atoms with Crippen LogP contribution < -0.4 is 10.6 Å². The molecule has 0 aromatic rings. The van der Waals surface area contributed by atoms with E-state index in [1.807, 2.05) is 6.08 Å².